The van der Waals surface area contributed by atoms with E-state index in [1.165, 1.54) is 107 Å². The first-order valence-corrected chi connectivity index (χ1v) is 18.4. The van der Waals surface area contributed by atoms with Crippen LogP contribution in [-0.2, 0) is 0 Å². The first-order chi connectivity index (χ1) is 25.2. The summed E-state index contributed by atoms with van der Waals surface area (Å²) in [4.78, 5) is 0. The Bertz CT molecular complexity index is 3120. The molecule has 0 atom stereocenters. The average Bonchev–Trinajstić information content (AvgIpc) is 3.53. The van der Waals surface area contributed by atoms with Crippen LogP contribution in [0.4, 0.5) is 0 Å². The number of thiophene rings is 1. The van der Waals surface area contributed by atoms with Gasteiger partial charge in [0.15, 0.2) is 0 Å². The van der Waals surface area contributed by atoms with Gasteiger partial charge in [0.1, 0.15) is 0 Å². The van der Waals surface area contributed by atoms with Crippen LogP contribution >= 0.6 is 11.3 Å². The first kappa shape index (κ1) is 28.5. The molecule has 0 radical (unpaired) electrons. The molecule has 11 rings (SSSR count). The van der Waals surface area contributed by atoms with E-state index < -0.39 is 0 Å². The molecule has 0 aliphatic heterocycles. The van der Waals surface area contributed by atoms with Crippen molar-refractivity contribution >= 4 is 85.4 Å². The molecule has 0 aliphatic rings. The van der Waals surface area contributed by atoms with Crippen molar-refractivity contribution in [3.8, 4) is 33.4 Å². The fourth-order valence-corrected chi connectivity index (χ4v) is 9.48. The highest BCUT2D eigenvalue weighted by atomic mass is 32.1. The molecule has 0 unspecified atom stereocenters. The quantitative estimate of drug-likeness (QED) is 0.165. The first-order valence-electron chi connectivity index (χ1n) is 17.6. The molecule has 51 heavy (non-hydrogen) atoms. The summed E-state index contributed by atoms with van der Waals surface area (Å²) in [5.41, 5.74) is 7.53. The van der Waals surface area contributed by atoms with E-state index in [4.69, 9.17) is 0 Å². The summed E-state index contributed by atoms with van der Waals surface area (Å²) < 4.78 is 2.69. The molecule has 0 nitrogen and oxygen atoms in total. The molecule has 0 bridgehead atoms. The van der Waals surface area contributed by atoms with Crippen molar-refractivity contribution in [2.24, 2.45) is 0 Å². The highest BCUT2D eigenvalue weighted by Gasteiger charge is 2.17. The standard InChI is InChI=1S/C50H30S/c1-2-10-34-25-39(24-19-31(34)9-1)50-43-15-7-5-13-41(43)49(42-14-6-8-16-44(42)50)33-20-17-32(18-21-33)37-22-23-38-28-46-45-27-35-11-3-4-12-36(35)29-47(45)51-48(46)30-40(38)26-37/h1-30H. The van der Waals surface area contributed by atoms with Crippen LogP contribution in [0.5, 0.6) is 0 Å². The summed E-state index contributed by atoms with van der Waals surface area (Å²) in [6.45, 7) is 0. The molecular weight excluding hydrogens is 633 g/mol. The Hall–Kier alpha value is -6.28. The molecule has 0 saturated heterocycles. The fourth-order valence-electron chi connectivity index (χ4n) is 8.31. The van der Waals surface area contributed by atoms with E-state index in [0.29, 0.717) is 0 Å². The van der Waals surface area contributed by atoms with E-state index >= 15 is 0 Å². The molecule has 10 aromatic carbocycles. The fraction of sp³-hybridized carbons (Fsp3) is 0. The molecular formula is C50H30S. The second-order valence-electron chi connectivity index (χ2n) is 13.7. The van der Waals surface area contributed by atoms with Gasteiger partial charge in [-0.1, -0.05) is 146 Å². The smallest absolute Gasteiger partial charge is 0.0361 e. The highest BCUT2D eigenvalue weighted by Crippen LogP contribution is 2.45. The van der Waals surface area contributed by atoms with Gasteiger partial charge in [-0.25, -0.2) is 0 Å². The number of hydrogen-bond donors (Lipinski definition) is 0. The third-order valence-corrected chi connectivity index (χ3v) is 11.9. The van der Waals surface area contributed by atoms with Gasteiger partial charge in [-0.05, 0) is 124 Å². The third kappa shape index (κ3) is 4.52. The Morgan fingerprint density at radius 2 is 0.627 bits per heavy atom. The Morgan fingerprint density at radius 1 is 0.235 bits per heavy atom. The second kappa shape index (κ2) is 11.1. The van der Waals surface area contributed by atoms with Crippen LogP contribution in [0.25, 0.3) is 107 Å². The van der Waals surface area contributed by atoms with E-state index in [9.17, 15) is 0 Å². The number of rotatable bonds is 3. The summed E-state index contributed by atoms with van der Waals surface area (Å²) >= 11 is 1.89. The Labute approximate surface area is 299 Å². The van der Waals surface area contributed by atoms with E-state index in [0.717, 1.165) is 0 Å². The summed E-state index contributed by atoms with van der Waals surface area (Å²) in [5.74, 6) is 0. The van der Waals surface area contributed by atoms with Gasteiger partial charge in [-0.2, -0.15) is 0 Å². The van der Waals surface area contributed by atoms with E-state index in [1.54, 1.807) is 0 Å². The van der Waals surface area contributed by atoms with E-state index in [-0.39, 0.29) is 0 Å². The molecule has 11 aromatic rings. The predicted molar refractivity (Wildman–Crippen MR) is 223 cm³/mol. The largest absolute Gasteiger partial charge is 0.135 e. The zero-order valence-electron chi connectivity index (χ0n) is 27.7. The maximum Gasteiger partial charge on any atom is 0.0361 e. The van der Waals surface area contributed by atoms with E-state index in [2.05, 4.69) is 182 Å². The van der Waals surface area contributed by atoms with Gasteiger partial charge in [0, 0.05) is 20.2 Å². The van der Waals surface area contributed by atoms with Gasteiger partial charge in [0.25, 0.3) is 0 Å². The lowest BCUT2D eigenvalue weighted by Gasteiger charge is -2.18. The van der Waals surface area contributed by atoms with Crippen molar-refractivity contribution in [1.29, 1.82) is 0 Å². The minimum absolute atomic E-state index is 1.23. The summed E-state index contributed by atoms with van der Waals surface area (Å²) in [5, 5.41) is 15.5. The Balaban J connectivity index is 1.03. The maximum absolute atomic E-state index is 2.38. The molecule has 0 fully saturated rings. The van der Waals surface area contributed by atoms with Gasteiger partial charge in [0.2, 0.25) is 0 Å². The molecule has 1 heterocycles. The van der Waals surface area contributed by atoms with Gasteiger partial charge >= 0.3 is 0 Å². The van der Waals surface area contributed by atoms with Crippen molar-refractivity contribution in [3.05, 3.63) is 182 Å². The molecule has 1 aromatic heterocycles. The molecule has 0 N–H and O–H groups in total. The topological polar surface area (TPSA) is 0 Å². The maximum atomic E-state index is 2.38. The molecule has 0 aliphatic carbocycles. The van der Waals surface area contributed by atoms with Crippen molar-refractivity contribution in [2.75, 3.05) is 0 Å². The van der Waals surface area contributed by atoms with Crippen LogP contribution in [0.15, 0.2) is 182 Å². The summed E-state index contributed by atoms with van der Waals surface area (Å²) in [7, 11) is 0. The lowest BCUT2D eigenvalue weighted by Crippen LogP contribution is -1.91. The lowest BCUT2D eigenvalue weighted by molar-refractivity contribution is 1.63. The summed E-state index contributed by atoms with van der Waals surface area (Å²) in [6, 6.07) is 67.6. The number of fused-ring (bicyclic) bond motifs is 8. The van der Waals surface area contributed by atoms with Gasteiger partial charge < -0.3 is 0 Å². The van der Waals surface area contributed by atoms with Crippen molar-refractivity contribution in [1.82, 2.24) is 0 Å². The molecule has 0 spiro atoms. The van der Waals surface area contributed by atoms with Crippen LogP contribution in [0, 0.1) is 0 Å². The predicted octanol–water partition coefficient (Wildman–Crippen LogP) is 14.8. The highest BCUT2D eigenvalue weighted by molar-refractivity contribution is 7.26. The molecule has 0 amide bonds. The van der Waals surface area contributed by atoms with Crippen molar-refractivity contribution < 1.29 is 0 Å². The van der Waals surface area contributed by atoms with Crippen LogP contribution < -0.4 is 0 Å². The Morgan fingerprint density at radius 3 is 1.25 bits per heavy atom. The van der Waals surface area contributed by atoms with Crippen LogP contribution in [0.2, 0.25) is 0 Å². The Kier molecular flexibility index (Phi) is 6.22. The average molecular weight is 663 g/mol. The van der Waals surface area contributed by atoms with Crippen LogP contribution in [-0.4, -0.2) is 0 Å². The van der Waals surface area contributed by atoms with Crippen molar-refractivity contribution in [3.63, 3.8) is 0 Å². The second-order valence-corrected chi connectivity index (χ2v) is 14.8. The van der Waals surface area contributed by atoms with Gasteiger partial charge in [-0.15, -0.1) is 11.3 Å². The zero-order chi connectivity index (χ0) is 33.5. The normalized spacial score (nSPS) is 11.9. The van der Waals surface area contributed by atoms with Crippen LogP contribution in [0.1, 0.15) is 0 Å². The van der Waals surface area contributed by atoms with Gasteiger partial charge in [-0.3, -0.25) is 0 Å². The van der Waals surface area contributed by atoms with Crippen LogP contribution in [0.3, 0.4) is 0 Å². The minimum atomic E-state index is 1.23. The molecule has 1 heteroatoms. The van der Waals surface area contributed by atoms with E-state index in [1.807, 2.05) is 11.3 Å². The third-order valence-electron chi connectivity index (χ3n) is 10.8. The zero-order valence-corrected chi connectivity index (χ0v) is 28.5. The van der Waals surface area contributed by atoms with Crippen molar-refractivity contribution in [2.45, 2.75) is 0 Å². The SMILES string of the molecule is c1ccc2cc(-c3c4ccccc4c(-c4ccc(-c5ccc6cc7c(cc6c5)sc5cc6ccccc6cc57)cc4)c4ccccc34)ccc2c1. The van der Waals surface area contributed by atoms with Gasteiger partial charge in [0.05, 0.1) is 0 Å². The summed E-state index contributed by atoms with van der Waals surface area (Å²) in [6.07, 6.45) is 0. The lowest BCUT2D eigenvalue weighted by atomic mass is 9.85. The monoisotopic (exact) mass is 662 g/mol. The molecule has 236 valence electrons. The minimum Gasteiger partial charge on any atom is -0.135 e. The number of hydrogen-bond acceptors (Lipinski definition) is 1. The number of benzene rings is 10. The molecule has 0 saturated carbocycles.